The van der Waals surface area contributed by atoms with Crippen LogP contribution in [0.15, 0.2) is 18.2 Å². The van der Waals surface area contributed by atoms with E-state index in [1.54, 1.807) is 25.3 Å². The van der Waals surface area contributed by atoms with Crippen LogP contribution in [0.25, 0.3) is 0 Å². The first-order chi connectivity index (χ1) is 7.27. The van der Waals surface area contributed by atoms with E-state index in [0.717, 1.165) is 0 Å². The lowest BCUT2D eigenvalue weighted by molar-refractivity contribution is 0.0946. The van der Waals surface area contributed by atoms with E-state index >= 15 is 0 Å². The third kappa shape index (κ3) is 3.53. The Morgan fingerprint density at radius 2 is 2.33 bits per heavy atom. The molecule has 0 aliphatic heterocycles. The van der Waals surface area contributed by atoms with Crippen molar-refractivity contribution >= 4 is 5.91 Å². The van der Waals surface area contributed by atoms with Gasteiger partial charge in [-0.1, -0.05) is 6.07 Å². The Balaban J connectivity index is 2.62. The fourth-order valence-corrected chi connectivity index (χ4v) is 0.925. The summed E-state index contributed by atoms with van der Waals surface area (Å²) in [7, 11) is 1.58. The Morgan fingerprint density at radius 1 is 1.53 bits per heavy atom. The third-order valence-corrected chi connectivity index (χ3v) is 1.62. The van der Waals surface area contributed by atoms with E-state index in [1.807, 2.05) is 5.43 Å². The highest BCUT2D eigenvalue weighted by Gasteiger charge is 2.05. The minimum absolute atomic E-state index is 0.215. The second-order valence-corrected chi connectivity index (χ2v) is 2.68. The molecule has 0 spiro atoms. The van der Waals surface area contributed by atoms with E-state index < -0.39 is 5.91 Å². The van der Waals surface area contributed by atoms with Crippen molar-refractivity contribution in [1.29, 1.82) is 0 Å². The summed E-state index contributed by atoms with van der Waals surface area (Å²) in [4.78, 5) is 15.1. The van der Waals surface area contributed by atoms with Crippen molar-refractivity contribution in [2.45, 2.75) is 0 Å². The molecule has 6 nitrogen and oxygen atoms in total. The number of amides is 1. The number of carbonyl (C=O) groups excluding carboxylic acids is 1. The first-order valence-corrected chi connectivity index (χ1v) is 4.37. The second kappa shape index (κ2) is 5.94. The van der Waals surface area contributed by atoms with Crippen molar-refractivity contribution in [2.75, 3.05) is 20.3 Å². The molecule has 0 aliphatic rings. The highest BCUT2D eigenvalue weighted by atomic mass is 16.5. The second-order valence-electron chi connectivity index (χ2n) is 2.68. The fourth-order valence-electron chi connectivity index (χ4n) is 0.925. The number of hydrogen-bond acceptors (Lipinski definition) is 5. The number of carbonyl (C=O) groups is 1. The van der Waals surface area contributed by atoms with E-state index in [1.165, 1.54) is 0 Å². The van der Waals surface area contributed by atoms with Crippen LogP contribution in [0.1, 0.15) is 10.5 Å². The molecule has 0 radical (unpaired) electrons. The number of nitrogens with two attached hydrogens (primary N) is 1. The SMILES string of the molecule is COCCOc1cccc(C(=O)NN)n1. The monoisotopic (exact) mass is 211 g/mol. The number of rotatable bonds is 5. The Bertz CT molecular complexity index is 330. The molecule has 0 aromatic carbocycles. The largest absolute Gasteiger partial charge is 0.475 e. The Morgan fingerprint density at radius 3 is 3.00 bits per heavy atom. The average Bonchev–Trinajstić information content (AvgIpc) is 2.29. The van der Waals surface area contributed by atoms with Gasteiger partial charge in [-0.3, -0.25) is 10.2 Å². The predicted molar refractivity (Wildman–Crippen MR) is 53.3 cm³/mol. The number of nitrogens with one attached hydrogen (secondary N) is 1. The molecule has 3 N–H and O–H groups in total. The van der Waals surface area contributed by atoms with E-state index in [0.29, 0.717) is 19.1 Å². The van der Waals surface area contributed by atoms with Crippen LogP contribution in [0, 0.1) is 0 Å². The van der Waals surface area contributed by atoms with Gasteiger partial charge in [-0.15, -0.1) is 0 Å². The Kier molecular flexibility index (Phi) is 4.52. The van der Waals surface area contributed by atoms with Crippen molar-refractivity contribution < 1.29 is 14.3 Å². The molecular weight excluding hydrogens is 198 g/mol. The third-order valence-electron chi connectivity index (χ3n) is 1.62. The molecule has 0 unspecified atom stereocenters. The maximum atomic E-state index is 11.1. The number of ether oxygens (including phenoxy) is 2. The summed E-state index contributed by atoms with van der Waals surface area (Å²) >= 11 is 0. The number of nitrogens with zero attached hydrogens (tertiary/aromatic N) is 1. The minimum Gasteiger partial charge on any atom is -0.475 e. The molecule has 15 heavy (non-hydrogen) atoms. The van der Waals surface area contributed by atoms with E-state index in [2.05, 4.69) is 4.98 Å². The van der Waals surface area contributed by atoms with Crippen LogP contribution in [0.3, 0.4) is 0 Å². The van der Waals surface area contributed by atoms with E-state index in [9.17, 15) is 4.79 Å². The van der Waals surface area contributed by atoms with Gasteiger partial charge in [-0.05, 0) is 6.07 Å². The summed E-state index contributed by atoms with van der Waals surface area (Å²) in [5.41, 5.74) is 2.21. The normalized spacial score (nSPS) is 9.73. The van der Waals surface area contributed by atoms with Crippen molar-refractivity contribution in [3.63, 3.8) is 0 Å². The van der Waals surface area contributed by atoms with Gasteiger partial charge in [-0.25, -0.2) is 10.8 Å². The molecule has 1 aromatic rings. The van der Waals surface area contributed by atoms with Gasteiger partial charge in [0, 0.05) is 13.2 Å². The van der Waals surface area contributed by atoms with Crippen molar-refractivity contribution in [2.24, 2.45) is 5.84 Å². The molecule has 1 aromatic heterocycles. The van der Waals surface area contributed by atoms with Crippen LogP contribution in [0.5, 0.6) is 5.88 Å². The maximum Gasteiger partial charge on any atom is 0.283 e. The van der Waals surface area contributed by atoms with Crippen LogP contribution in [0.4, 0.5) is 0 Å². The Labute approximate surface area is 87.4 Å². The van der Waals surface area contributed by atoms with E-state index in [4.69, 9.17) is 15.3 Å². The number of methoxy groups -OCH3 is 1. The number of hydrazine groups is 1. The van der Waals surface area contributed by atoms with Crippen molar-refractivity contribution in [3.05, 3.63) is 23.9 Å². The van der Waals surface area contributed by atoms with Gasteiger partial charge < -0.3 is 9.47 Å². The molecule has 1 rings (SSSR count). The maximum absolute atomic E-state index is 11.1. The highest BCUT2D eigenvalue weighted by molar-refractivity contribution is 5.91. The molecule has 1 amide bonds. The molecule has 0 aliphatic carbocycles. The van der Waals surface area contributed by atoms with Gasteiger partial charge in [0.15, 0.2) is 0 Å². The van der Waals surface area contributed by atoms with Crippen LogP contribution < -0.4 is 16.0 Å². The summed E-state index contributed by atoms with van der Waals surface area (Å²) in [6.07, 6.45) is 0. The first-order valence-electron chi connectivity index (χ1n) is 4.37. The van der Waals surface area contributed by atoms with Gasteiger partial charge in [0.2, 0.25) is 5.88 Å². The van der Waals surface area contributed by atoms with E-state index in [-0.39, 0.29) is 5.69 Å². The zero-order valence-electron chi connectivity index (χ0n) is 8.40. The smallest absolute Gasteiger partial charge is 0.283 e. The average molecular weight is 211 g/mol. The molecule has 0 saturated heterocycles. The summed E-state index contributed by atoms with van der Waals surface area (Å²) in [6.45, 7) is 0.853. The molecule has 0 saturated carbocycles. The first kappa shape index (κ1) is 11.4. The molecule has 1 heterocycles. The molecule has 0 bridgehead atoms. The number of aromatic nitrogens is 1. The minimum atomic E-state index is -0.452. The number of hydrogen-bond donors (Lipinski definition) is 2. The summed E-state index contributed by atoms with van der Waals surface area (Å²) in [5.74, 6) is 4.89. The van der Waals surface area contributed by atoms with Crippen LogP contribution in [-0.2, 0) is 4.74 Å². The van der Waals surface area contributed by atoms with Gasteiger partial charge in [-0.2, -0.15) is 0 Å². The van der Waals surface area contributed by atoms with Gasteiger partial charge in [0.25, 0.3) is 5.91 Å². The predicted octanol–water partition coefficient (Wildman–Crippen LogP) is -0.290. The van der Waals surface area contributed by atoms with Gasteiger partial charge in [0.1, 0.15) is 12.3 Å². The number of nitrogen functional groups attached to an aromatic ring is 1. The van der Waals surface area contributed by atoms with Crippen LogP contribution >= 0.6 is 0 Å². The quantitative estimate of drug-likeness (QED) is 0.302. The fraction of sp³-hybridized carbons (Fsp3) is 0.333. The van der Waals surface area contributed by atoms with Gasteiger partial charge in [0.05, 0.1) is 6.61 Å². The highest BCUT2D eigenvalue weighted by Crippen LogP contribution is 2.07. The van der Waals surface area contributed by atoms with Crippen molar-refractivity contribution in [1.82, 2.24) is 10.4 Å². The summed E-state index contributed by atoms with van der Waals surface area (Å²) < 4.78 is 10.0. The van der Waals surface area contributed by atoms with Gasteiger partial charge >= 0.3 is 0 Å². The standard InChI is InChI=1S/C9H13N3O3/c1-14-5-6-15-8-4-2-3-7(11-8)9(13)12-10/h2-4H,5-6,10H2,1H3,(H,12,13). The molecule has 0 atom stereocenters. The van der Waals surface area contributed by atoms with Crippen LogP contribution in [0.2, 0.25) is 0 Å². The lowest BCUT2D eigenvalue weighted by atomic mass is 10.3. The molecule has 0 fully saturated rings. The molecule has 82 valence electrons. The topological polar surface area (TPSA) is 86.5 Å². The zero-order chi connectivity index (χ0) is 11.1. The van der Waals surface area contributed by atoms with Crippen molar-refractivity contribution in [3.8, 4) is 5.88 Å². The lowest BCUT2D eigenvalue weighted by Crippen LogP contribution is -2.30. The summed E-state index contributed by atoms with van der Waals surface area (Å²) in [5, 5.41) is 0. The molecular formula is C9H13N3O3. The van der Waals surface area contributed by atoms with Crippen LogP contribution in [-0.4, -0.2) is 31.2 Å². The Hall–Kier alpha value is -1.66. The zero-order valence-corrected chi connectivity index (χ0v) is 8.40. The molecule has 6 heteroatoms. The lowest BCUT2D eigenvalue weighted by Gasteiger charge is -2.05. The number of pyridine rings is 1. The summed E-state index contributed by atoms with van der Waals surface area (Å²) in [6, 6.07) is 4.87.